The van der Waals surface area contributed by atoms with Crippen molar-refractivity contribution in [1.29, 1.82) is 0 Å². The van der Waals surface area contributed by atoms with Gasteiger partial charge < -0.3 is 15.3 Å². The van der Waals surface area contributed by atoms with Crippen molar-refractivity contribution in [2.75, 3.05) is 0 Å². The van der Waals surface area contributed by atoms with Crippen LogP contribution in [0.2, 0.25) is 0 Å². The third-order valence-corrected chi connectivity index (χ3v) is 1.68. The van der Waals surface area contributed by atoms with Crippen LogP contribution in [0.3, 0.4) is 0 Å². The lowest BCUT2D eigenvalue weighted by Crippen LogP contribution is -2.01. The molecular formula is C8H7NO6. The van der Waals surface area contributed by atoms with Crippen LogP contribution in [-0.2, 0) is 11.2 Å². The summed E-state index contributed by atoms with van der Waals surface area (Å²) < 4.78 is 0. The minimum atomic E-state index is -1.19. The van der Waals surface area contributed by atoms with Gasteiger partial charge >= 0.3 is 11.7 Å². The largest absolute Gasteiger partial charge is 0.504 e. The molecule has 0 aliphatic heterocycles. The number of phenols is 2. The molecule has 0 amide bonds. The zero-order chi connectivity index (χ0) is 11.6. The molecule has 0 saturated carbocycles. The number of hydrogen-bond donors (Lipinski definition) is 3. The fourth-order valence-electron chi connectivity index (χ4n) is 1.08. The fraction of sp³-hybridized carbons (Fsp3) is 0.125. The lowest BCUT2D eigenvalue weighted by molar-refractivity contribution is -0.386. The first-order valence-electron chi connectivity index (χ1n) is 3.83. The molecule has 3 N–H and O–H groups in total. The van der Waals surface area contributed by atoms with Gasteiger partial charge in [-0.1, -0.05) is 0 Å². The zero-order valence-electron chi connectivity index (χ0n) is 7.38. The number of aromatic hydroxyl groups is 2. The molecule has 0 heterocycles. The summed E-state index contributed by atoms with van der Waals surface area (Å²) in [5.41, 5.74) is -0.671. The first-order chi connectivity index (χ1) is 6.91. The number of carboxylic acid groups (broad SMARTS) is 1. The van der Waals surface area contributed by atoms with E-state index in [9.17, 15) is 14.9 Å². The summed E-state index contributed by atoms with van der Waals surface area (Å²) in [4.78, 5) is 19.8. The van der Waals surface area contributed by atoms with Gasteiger partial charge in [0.15, 0.2) is 5.75 Å². The van der Waals surface area contributed by atoms with Gasteiger partial charge in [0.1, 0.15) is 0 Å². The van der Waals surface area contributed by atoms with Crippen LogP contribution in [0.1, 0.15) is 5.56 Å². The molecule has 0 aliphatic rings. The Labute approximate surface area is 83.4 Å². The molecule has 0 fully saturated rings. The lowest BCUT2D eigenvalue weighted by atomic mass is 10.1. The molecule has 0 spiro atoms. The molecule has 1 aromatic rings. The number of benzene rings is 1. The molecule has 1 rings (SSSR count). The van der Waals surface area contributed by atoms with Crippen LogP contribution in [0.4, 0.5) is 5.69 Å². The van der Waals surface area contributed by atoms with Crippen molar-refractivity contribution in [3.8, 4) is 11.5 Å². The van der Waals surface area contributed by atoms with E-state index in [1.165, 1.54) is 0 Å². The number of nitro benzene ring substituents is 1. The van der Waals surface area contributed by atoms with Gasteiger partial charge in [0.05, 0.1) is 11.3 Å². The molecule has 0 aliphatic carbocycles. The number of carboxylic acids is 1. The second-order valence-electron chi connectivity index (χ2n) is 2.81. The van der Waals surface area contributed by atoms with E-state index in [2.05, 4.69) is 0 Å². The average Bonchev–Trinajstić information content (AvgIpc) is 2.09. The fourth-order valence-corrected chi connectivity index (χ4v) is 1.08. The molecule has 7 nitrogen and oxygen atoms in total. The van der Waals surface area contributed by atoms with Crippen molar-refractivity contribution < 1.29 is 25.0 Å². The van der Waals surface area contributed by atoms with Crippen molar-refractivity contribution in [3.05, 3.63) is 27.8 Å². The SMILES string of the molecule is O=C(O)Cc1cc(O)c(O)c([N+](=O)[O-])c1. The molecular weight excluding hydrogens is 206 g/mol. The minimum absolute atomic E-state index is 0.0458. The molecule has 7 heteroatoms. The van der Waals surface area contributed by atoms with Crippen LogP contribution in [-0.4, -0.2) is 26.2 Å². The predicted octanol–water partition coefficient (Wildman–Crippen LogP) is 0.633. The van der Waals surface area contributed by atoms with Crippen molar-refractivity contribution in [1.82, 2.24) is 0 Å². The van der Waals surface area contributed by atoms with Gasteiger partial charge in [-0.3, -0.25) is 14.9 Å². The number of nitrogens with zero attached hydrogens (tertiary/aromatic N) is 1. The van der Waals surface area contributed by atoms with Crippen LogP contribution in [0.25, 0.3) is 0 Å². The number of hydrogen-bond acceptors (Lipinski definition) is 5. The van der Waals surface area contributed by atoms with E-state index in [4.69, 9.17) is 15.3 Å². The average molecular weight is 213 g/mol. The molecule has 0 bridgehead atoms. The van der Waals surface area contributed by atoms with Crippen LogP contribution < -0.4 is 0 Å². The van der Waals surface area contributed by atoms with Crippen LogP contribution >= 0.6 is 0 Å². The quantitative estimate of drug-likeness (QED) is 0.384. The van der Waals surface area contributed by atoms with E-state index >= 15 is 0 Å². The Morgan fingerprint density at radius 3 is 2.47 bits per heavy atom. The maximum Gasteiger partial charge on any atom is 0.314 e. The highest BCUT2D eigenvalue weighted by Gasteiger charge is 2.19. The number of aliphatic carboxylic acids is 1. The van der Waals surface area contributed by atoms with E-state index in [1.807, 2.05) is 0 Å². The Hall–Kier alpha value is -2.31. The first-order valence-corrected chi connectivity index (χ1v) is 3.83. The maximum absolute atomic E-state index is 10.4. The van der Waals surface area contributed by atoms with Crippen molar-refractivity contribution in [2.45, 2.75) is 6.42 Å². The summed E-state index contributed by atoms with van der Waals surface area (Å²) in [6.07, 6.45) is -0.464. The summed E-state index contributed by atoms with van der Waals surface area (Å²) >= 11 is 0. The van der Waals surface area contributed by atoms with Gasteiger partial charge in [-0.05, 0) is 11.6 Å². The Bertz CT molecular complexity index is 427. The van der Waals surface area contributed by atoms with Gasteiger partial charge in [-0.15, -0.1) is 0 Å². The third kappa shape index (κ3) is 2.33. The number of nitro groups is 1. The van der Waals surface area contributed by atoms with E-state index in [-0.39, 0.29) is 5.56 Å². The summed E-state index contributed by atoms with van der Waals surface area (Å²) in [5, 5.41) is 37.0. The topological polar surface area (TPSA) is 121 Å². The number of phenolic OH excluding ortho intramolecular Hbond substituents is 2. The number of carbonyl (C=O) groups is 1. The van der Waals surface area contributed by atoms with Crippen LogP contribution in [0.15, 0.2) is 12.1 Å². The summed E-state index contributed by atoms with van der Waals surface area (Å²) in [7, 11) is 0. The van der Waals surface area contributed by atoms with Gasteiger partial charge in [0.25, 0.3) is 0 Å². The van der Waals surface area contributed by atoms with Crippen molar-refractivity contribution >= 4 is 11.7 Å². The smallest absolute Gasteiger partial charge is 0.314 e. The number of rotatable bonds is 3. The molecule has 0 unspecified atom stereocenters. The second-order valence-corrected chi connectivity index (χ2v) is 2.81. The predicted molar refractivity (Wildman–Crippen MR) is 47.8 cm³/mol. The second kappa shape index (κ2) is 3.82. The minimum Gasteiger partial charge on any atom is -0.504 e. The van der Waals surface area contributed by atoms with Crippen LogP contribution in [0.5, 0.6) is 11.5 Å². The molecule has 0 aromatic heterocycles. The van der Waals surface area contributed by atoms with Gasteiger partial charge in [0, 0.05) is 6.07 Å². The highest BCUT2D eigenvalue weighted by molar-refractivity contribution is 5.71. The van der Waals surface area contributed by atoms with E-state index in [1.54, 1.807) is 0 Å². The van der Waals surface area contributed by atoms with Crippen molar-refractivity contribution in [2.24, 2.45) is 0 Å². The van der Waals surface area contributed by atoms with E-state index < -0.39 is 34.5 Å². The standard InChI is InChI=1S/C8H7NO6/c10-6-2-4(3-7(11)12)1-5(8(6)13)9(14)15/h1-2,10,13H,3H2,(H,11,12). The summed E-state index contributed by atoms with van der Waals surface area (Å²) in [6, 6.07) is 1.87. The molecule has 1 aromatic carbocycles. The Kier molecular flexibility index (Phi) is 2.75. The Balaban J connectivity index is 3.23. The highest BCUT2D eigenvalue weighted by Crippen LogP contribution is 2.36. The highest BCUT2D eigenvalue weighted by atomic mass is 16.6. The monoisotopic (exact) mass is 213 g/mol. The molecule has 0 atom stereocenters. The van der Waals surface area contributed by atoms with Gasteiger partial charge in [-0.2, -0.15) is 0 Å². The third-order valence-electron chi connectivity index (χ3n) is 1.68. The maximum atomic E-state index is 10.4. The van der Waals surface area contributed by atoms with E-state index in [0.29, 0.717) is 0 Å². The van der Waals surface area contributed by atoms with E-state index in [0.717, 1.165) is 12.1 Å². The molecule has 15 heavy (non-hydrogen) atoms. The molecule has 80 valence electrons. The van der Waals surface area contributed by atoms with Gasteiger partial charge in [0.2, 0.25) is 5.75 Å². The lowest BCUT2D eigenvalue weighted by Gasteiger charge is -2.02. The van der Waals surface area contributed by atoms with Crippen molar-refractivity contribution in [3.63, 3.8) is 0 Å². The first kappa shape index (κ1) is 10.8. The molecule has 0 radical (unpaired) electrons. The molecule has 0 saturated heterocycles. The summed E-state index contributed by atoms with van der Waals surface area (Å²) in [6.45, 7) is 0. The normalized spacial score (nSPS) is 9.87. The Morgan fingerprint density at radius 2 is 2.00 bits per heavy atom. The summed E-state index contributed by atoms with van der Waals surface area (Å²) in [5.74, 6) is -2.76. The zero-order valence-corrected chi connectivity index (χ0v) is 7.38. The van der Waals surface area contributed by atoms with Gasteiger partial charge in [-0.25, -0.2) is 0 Å². The van der Waals surface area contributed by atoms with Crippen LogP contribution in [0, 0.1) is 10.1 Å². The Morgan fingerprint density at radius 1 is 1.40 bits per heavy atom.